The molecule has 2 heterocycles. The molecule has 2 aliphatic heterocycles. The van der Waals surface area contributed by atoms with Gasteiger partial charge in [-0.1, -0.05) is 13.8 Å². The summed E-state index contributed by atoms with van der Waals surface area (Å²) in [5.41, 5.74) is 0. The zero-order valence-electron chi connectivity index (χ0n) is 12.3. The van der Waals surface area contributed by atoms with E-state index in [4.69, 9.17) is 0 Å². The van der Waals surface area contributed by atoms with Crippen LogP contribution in [0.1, 0.15) is 26.7 Å². The molecule has 0 spiro atoms. The minimum absolute atomic E-state index is 0.0532. The van der Waals surface area contributed by atoms with Gasteiger partial charge in [0.15, 0.2) is 0 Å². The summed E-state index contributed by atoms with van der Waals surface area (Å²) in [4.78, 5) is 27.9. The van der Waals surface area contributed by atoms with Gasteiger partial charge in [0.05, 0.1) is 12.1 Å². The molecule has 2 saturated heterocycles. The molecule has 20 heavy (non-hydrogen) atoms. The Labute approximate surface area is 120 Å². The van der Waals surface area contributed by atoms with E-state index in [9.17, 15) is 14.7 Å². The molecular formula is C14H25N3O3. The molecule has 0 saturated carbocycles. The Morgan fingerprint density at radius 1 is 1.20 bits per heavy atom. The van der Waals surface area contributed by atoms with E-state index >= 15 is 0 Å². The predicted molar refractivity (Wildman–Crippen MR) is 75.0 cm³/mol. The molecular weight excluding hydrogens is 258 g/mol. The van der Waals surface area contributed by atoms with Crippen LogP contribution in [0.2, 0.25) is 0 Å². The number of amides is 2. The Bertz CT molecular complexity index is 365. The monoisotopic (exact) mass is 283 g/mol. The van der Waals surface area contributed by atoms with Crippen LogP contribution >= 0.6 is 0 Å². The molecule has 6 nitrogen and oxygen atoms in total. The lowest BCUT2D eigenvalue weighted by Gasteiger charge is -2.36. The van der Waals surface area contributed by atoms with E-state index in [2.05, 4.69) is 5.32 Å². The third-order valence-corrected chi connectivity index (χ3v) is 3.93. The van der Waals surface area contributed by atoms with Crippen molar-refractivity contribution < 1.29 is 14.7 Å². The first-order valence-corrected chi connectivity index (χ1v) is 7.45. The van der Waals surface area contributed by atoms with E-state index in [-0.39, 0.29) is 17.9 Å². The SMILES string of the molecule is CC(C)CC(=O)N1CCN(C(=O)C2CC(O)CN2)CC1. The summed E-state index contributed by atoms with van der Waals surface area (Å²) in [6.07, 6.45) is 0.646. The maximum absolute atomic E-state index is 12.2. The summed E-state index contributed by atoms with van der Waals surface area (Å²) in [6, 6.07) is -0.261. The van der Waals surface area contributed by atoms with Gasteiger partial charge in [0.2, 0.25) is 11.8 Å². The minimum Gasteiger partial charge on any atom is -0.392 e. The summed E-state index contributed by atoms with van der Waals surface area (Å²) in [7, 11) is 0. The van der Waals surface area contributed by atoms with Gasteiger partial charge < -0.3 is 20.2 Å². The van der Waals surface area contributed by atoms with Crippen molar-refractivity contribution in [2.24, 2.45) is 5.92 Å². The number of aliphatic hydroxyl groups excluding tert-OH is 1. The highest BCUT2D eigenvalue weighted by Gasteiger charge is 2.33. The second kappa shape index (κ2) is 6.54. The number of nitrogens with one attached hydrogen (secondary N) is 1. The normalized spacial score (nSPS) is 27.2. The molecule has 0 bridgehead atoms. The van der Waals surface area contributed by atoms with Crippen LogP contribution in [0.3, 0.4) is 0 Å². The quantitative estimate of drug-likeness (QED) is 0.727. The van der Waals surface area contributed by atoms with Gasteiger partial charge in [0.1, 0.15) is 0 Å². The summed E-state index contributed by atoms with van der Waals surface area (Å²) in [6.45, 7) is 6.99. The molecule has 2 unspecified atom stereocenters. The van der Waals surface area contributed by atoms with Gasteiger partial charge in [-0.15, -0.1) is 0 Å². The number of nitrogens with zero attached hydrogens (tertiary/aromatic N) is 2. The fourth-order valence-corrected chi connectivity index (χ4v) is 2.78. The van der Waals surface area contributed by atoms with Crippen molar-refractivity contribution in [1.82, 2.24) is 15.1 Å². The van der Waals surface area contributed by atoms with Crippen LogP contribution in [-0.2, 0) is 9.59 Å². The van der Waals surface area contributed by atoms with E-state index < -0.39 is 6.10 Å². The standard InChI is InChI=1S/C14H25N3O3/c1-10(2)7-13(19)16-3-5-17(6-4-16)14(20)12-8-11(18)9-15-12/h10-12,15,18H,3-9H2,1-2H3. The average molecular weight is 283 g/mol. The number of hydrogen-bond donors (Lipinski definition) is 2. The van der Waals surface area contributed by atoms with Gasteiger partial charge in [0, 0.05) is 39.1 Å². The molecule has 2 amide bonds. The van der Waals surface area contributed by atoms with E-state index in [0.717, 1.165) is 0 Å². The van der Waals surface area contributed by atoms with E-state index in [1.54, 1.807) is 4.90 Å². The fourth-order valence-electron chi connectivity index (χ4n) is 2.78. The van der Waals surface area contributed by atoms with Crippen molar-refractivity contribution in [2.45, 2.75) is 38.8 Å². The highest BCUT2D eigenvalue weighted by Crippen LogP contribution is 2.13. The molecule has 6 heteroatoms. The molecule has 0 aliphatic carbocycles. The zero-order valence-corrected chi connectivity index (χ0v) is 12.3. The Hall–Kier alpha value is -1.14. The first-order valence-electron chi connectivity index (χ1n) is 7.45. The summed E-state index contributed by atoms with van der Waals surface area (Å²) < 4.78 is 0. The van der Waals surface area contributed by atoms with Gasteiger partial charge in [-0.25, -0.2) is 0 Å². The molecule has 2 aliphatic rings. The molecule has 0 aromatic carbocycles. The molecule has 2 N–H and O–H groups in total. The summed E-state index contributed by atoms with van der Waals surface area (Å²) >= 11 is 0. The van der Waals surface area contributed by atoms with E-state index in [1.165, 1.54) is 0 Å². The number of aliphatic hydroxyl groups is 1. The van der Waals surface area contributed by atoms with Crippen molar-refractivity contribution in [3.63, 3.8) is 0 Å². The first-order chi connectivity index (χ1) is 9.47. The lowest BCUT2D eigenvalue weighted by atomic mass is 10.1. The third kappa shape index (κ3) is 3.70. The highest BCUT2D eigenvalue weighted by atomic mass is 16.3. The second-order valence-electron chi connectivity index (χ2n) is 6.15. The van der Waals surface area contributed by atoms with Gasteiger partial charge in [-0.2, -0.15) is 0 Å². The molecule has 2 fully saturated rings. The molecule has 2 rings (SSSR count). The van der Waals surface area contributed by atoms with Gasteiger partial charge >= 0.3 is 0 Å². The summed E-state index contributed by atoms with van der Waals surface area (Å²) in [5.74, 6) is 0.602. The lowest BCUT2D eigenvalue weighted by Crippen LogP contribution is -2.54. The number of piperazine rings is 1. The van der Waals surface area contributed by atoms with Gasteiger partial charge in [-0.05, 0) is 12.3 Å². The van der Waals surface area contributed by atoms with Crippen LogP contribution in [0, 0.1) is 5.92 Å². The number of carbonyl (C=O) groups is 2. The van der Waals surface area contributed by atoms with Crippen LogP contribution in [0.4, 0.5) is 0 Å². The molecule has 0 radical (unpaired) electrons. The molecule has 114 valence electrons. The number of carbonyl (C=O) groups excluding carboxylic acids is 2. The number of hydrogen-bond acceptors (Lipinski definition) is 4. The zero-order chi connectivity index (χ0) is 14.7. The Kier molecular flexibility index (Phi) is 4.99. The van der Waals surface area contributed by atoms with Crippen LogP contribution in [0.5, 0.6) is 0 Å². The molecule has 2 atom stereocenters. The van der Waals surface area contributed by atoms with E-state index in [0.29, 0.717) is 51.5 Å². The van der Waals surface area contributed by atoms with Gasteiger partial charge in [0.25, 0.3) is 0 Å². The Balaban J connectivity index is 1.79. The highest BCUT2D eigenvalue weighted by molar-refractivity contribution is 5.83. The Morgan fingerprint density at radius 2 is 1.80 bits per heavy atom. The van der Waals surface area contributed by atoms with Crippen LogP contribution in [-0.4, -0.2) is 71.6 Å². The summed E-state index contributed by atoms with van der Waals surface area (Å²) in [5, 5.41) is 12.5. The van der Waals surface area contributed by atoms with Crippen molar-refractivity contribution in [1.29, 1.82) is 0 Å². The van der Waals surface area contributed by atoms with Gasteiger partial charge in [-0.3, -0.25) is 9.59 Å². The molecule has 0 aromatic rings. The van der Waals surface area contributed by atoms with Crippen LogP contribution in [0.15, 0.2) is 0 Å². The van der Waals surface area contributed by atoms with Crippen LogP contribution in [0.25, 0.3) is 0 Å². The van der Waals surface area contributed by atoms with Crippen LogP contribution < -0.4 is 5.32 Å². The topological polar surface area (TPSA) is 72.9 Å². The number of β-amino-alcohol motifs (C(OH)–C–C–N with tert-alkyl or cyclic N) is 1. The predicted octanol–water partition coefficient (Wildman–Crippen LogP) is -0.574. The maximum atomic E-state index is 12.2. The second-order valence-corrected chi connectivity index (χ2v) is 6.15. The minimum atomic E-state index is -0.419. The molecule has 0 aromatic heterocycles. The maximum Gasteiger partial charge on any atom is 0.239 e. The average Bonchev–Trinajstić information content (AvgIpc) is 2.84. The smallest absolute Gasteiger partial charge is 0.239 e. The largest absolute Gasteiger partial charge is 0.392 e. The van der Waals surface area contributed by atoms with Crippen molar-refractivity contribution in [3.05, 3.63) is 0 Å². The fraction of sp³-hybridized carbons (Fsp3) is 0.857. The van der Waals surface area contributed by atoms with Crippen molar-refractivity contribution in [2.75, 3.05) is 32.7 Å². The lowest BCUT2D eigenvalue weighted by molar-refractivity contribution is -0.141. The van der Waals surface area contributed by atoms with E-state index in [1.807, 2.05) is 18.7 Å². The third-order valence-electron chi connectivity index (χ3n) is 3.93. The Morgan fingerprint density at radius 3 is 2.30 bits per heavy atom. The van der Waals surface area contributed by atoms with Crippen molar-refractivity contribution in [3.8, 4) is 0 Å². The first kappa shape index (κ1) is 15.3. The van der Waals surface area contributed by atoms with Crippen molar-refractivity contribution >= 4 is 11.8 Å². The number of rotatable bonds is 3.